The molecule has 1 aliphatic heterocycles. The van der Waals surface area contributed by atoms with Crippen molar-refractivity contribution in [1.82, 2.24) is 0 Å². The van der Waals surface area contributed by atoms with Crippen LogP contribution in [0.25, 0.3) is 0 Å². The molecule has 0 radical (unpaired) electrons. The van der Waals surface area contributed by atoms with Crippen molar-refractivity contribution in [1.29, 1.82) is 0 Å². The van der Waals surface area contributed by atoms with Crippen molar-refractivity contribution in [3.05, 3.63) is 35.9 Å². The fourth-order valence-electron chi connectivity index (χ4n) is 1.66. The Labute approximate surface area is 96.1 Å². The van der Waals surface area contributed by atoms with Gasteiger partial charge in [0.2, 0.25) is 0 Å². The van der Waals surface area contributed by atoms with Crippen LogP contribution in [-0.4, -0.2) is 26.9 Å². The number of methoxy groups -OCH3 is 1. The smallest absolute Gasteiger partial charge is 0.119 e. The van der Waals surface area contributed by atoms with Gasteiger partial charge in [0, 0.05) is 12.2 Å². The Morgan fingerprint density at radius 1 is 1.31 bits per heavy atom. The maximum Gasteiger partial charge on any atom is 0.119 e. The number of anilines is 1. The summed E-state index contributed by atoms with van der Waals surface area (Å²) >= 11 is 0. The summed E-state index contributed by atoms with van der Waals surface area (Å²) in [6, 6.07) is 7.94. The highest BCUT2D eigenvalue weighted by Gasteiger charge is 2.03. The largest absolute Gasteiger partial charge is 0.497 e. The van der Waals surface area contributed by atoms with Crippen LogP contribution in [-0.2, 0) is 4.74 Å². The third-order valence-electron chi connectivity index (χ3n) is 2.59. The van der Waals surface area contributed by atoms with E-state index in [9.17, 15) is 0 Å². The lowest BCUT2D eigenvalue weighted by atomic mass is 10.2. The molecule has 0 saturated heterocycles. The molecule has 0 spiro atoms. The number of benzene rings is 1. The zero-order chi connectivity index (χ0) is 11.2. The number of nitrogens with one attached hydrogen (secondary N) is 1. The van der Waals surface area contributed by atoms with E-state index in [-0.39, 0.29) is 0 Å². The van der Waals surface area contributed by atoms with Gasteiger partial charge < -0.3 is 14.8 Å². The zero-order valence-corrected chi connectivity index (χ0v) is 9.53. The van der Waals surface area contributed by atoms with Gasteiger partial charge >= 0.3 is 0 Å². The van der Waals surface area contributed by atoms with Gasteiger partial charge in [0.15, 0.2) is 0 Å². The van der Waals surface area contributed by atoms with Gasteiger partial charge in [0.25, 0.3) is 0 Å². The third-order valence-corrected chi connectivity index (χ3v) is 2.59. The molecule has 0 aromatic heterocycles. The number of ether oxygens (including phenoxy) is 2. The maximum absolute atomic E-state index is 5.38. The summed E-state index contributed by atoms with van der Waals surface area (Å²) in [4.78, 5) is 0. The van der Waals surface area contributed by atoms with Gasteiger partial charge in [-0.15, -0.1) is 0 Å². The summed E-state index contributed by atoms with van der Waals surface area (Å²) < 4.78 is 10.5. The molecule has 1 aromatic carbocycles. The van der Waals surface area contributed by atoms with E-state index in [1.165, 1.54) is 5.57 Å². The van der Waals surface area contributed by atoms with E-state index >= 15 is 0 Å². The fraction of sp³-hybridized carbons (Fsp3) is 0.385. The van der Waals surface area contributed by atoms with E-state index in [0.717, 1.165) is 37.6 Å². The minimum Gasteiger partial charge on any atom is -0.497 e. The second kappa shape index (κ2) is 5.56. The minimum absolute atomic E-state index is 0.753. The Hall–Kier alpha value is -1.48. The summed E-state index contributed by atoms with van der Waals surface area (Å²) in [5.41, 5.74) is 2.43. The minimum atomic E-state index is 0.753. The van der Waals surface area contributed by atoms with E-state index in [2.05, 4.69) is 11.4 Å². The molecule has 3 nitrogen and oxygen atoms in total. The van der Waals surface area contributed by atoms with Gasteiger partial charge in [0.1, 0.15) is 5.75 Å². The standard InChI is InChI=1S/C13H17NO2/c1-15-13-6-4-12(5-7-13)14-9-11-3-2-8-16-10-11/h3-7,14H,2,8-10H2,1H3. The van der Waals surface area contributed by atoms with Crippen molar-refractivity contribution < 1.29 is 9.47 Å². The maximum atomic E-state index is 5.38. The molecule has 0 aliphatic carbocycles. The van der Waals surface area contributed by atoms with Crippen molar-refractivity contribution in [3.8, 4) is 5.75 Å². The second-order valence-electron chi connectivity index (χ2n) is 3.79. The molecule has 16 heavy (non-hydrogen) atoms. The SMILES string of the molecule is COc1ccc(NCC2=CCCOC2)cc1. The van der Waals surface area contributed by atoms with Crippen molar-refractivity contribution in [2.45, 2.75) is 6.42 Å². The Kier molecular flexibility index (Phi) is 3.83. The van der Waals surface area contributed by atoms with E-state index in [1.54, 1.807) is 7.11 Å². The molecule has 0 fully saturated rings. The highest BCUT2D eigenvalue weighted by atomic mass is 16.5. The number of hydrogen-bond donors (Lipinski definition) is 1. The van der Waals surface area contributed by atoms with Crippen molar-refractivity contribution in [3.63, 3.8) is 0 Å². The van der Waals surface area contributed by atoms with Gasteiger partial charge in [-0.2, -0.15) is 0 Å². The third kappa shape index (κ3) is 3.00. The molecule has 1 heterocycles. The molecule has 0 saturated carbocycles. The number of rotatable bonds is 4. The molecular formula is C13H17NO2. The average Bonchev–Trinajstić information content (AvgIpc) is 2.38. The zero-order valence-electron chi connectivity index (χ0n) is 9.53. The van der Waals surface area contributed by atoms with Crippen LogP contribution in [0.4, 0.5) is 5.69 Å². The van der Waals surface area contributed by atoms with Crippen LogP contribution in [0.3, 0.4) is 0 Å². The predicted octanol–water partition coefficient (Wildman–Crippen LogP) is 2.45. The fourth-order valence-corrected chi connectivity index (χ4v) is 1.66. The molecule has 2 rings (SSSR count). The van der Waals surface area contributed by atoms with Crippen LogP contribution < -0.4 is 10.1 Å². The first-order valence-electron chi connectivity index (χ1n) is 5.52. The second-order valence-corrected chi connectivity index (χ2v) is 3.79. The molecule has 86 valence electrons. The lowest BCUT2D eigenvalue weighted by Crippen LogP contribution is -2.13. The first-order valence-corrected chi connectivity index (χ1v) is 5.52. The Bertz CT molecular complexity index is 357. The predicted molar refractivity (Wildman–Crippen MR) is 65.0 cm³/mol. The number of hydrogen-bond acceptors (Lipinski definition) is 3. The Balaban J connectivity index is 1.86. The van der Waals surface area contributed by atoms with Gasteiger partial charge in [-0.05, 0) is 36.3 Å². The van der Waals surface area contributed by atoms with Crippen molar-refractivity contribution in [2.75, 3.05) is 32.2 Å². The molecular weight excluding hydrogens is 202 g/mol. The summed E-state index contributed by atoms with van der Waals surface area (Å²) in [7, 11) is 1.67. The van der Waals surface area contributed by atoms with Crippen LogP contribution in [0, 0.1) is 0 Å². The van der Waals surface area contributed by atoms with Gasteiger partial charge in [-0.3, -0.25) is 0 Å². The summed E-state index contributed by atoms with van der Waals surface area (Å²) in [6.07, 6.45) is 3.28. The first-order chi connectivity index (χ1) is 7.88. The van der Waals surface area contributed by atoms with Crippen LogP contribution in [0.5, 0.6) is 5.75 Å². The summed E-state index contributed by atoms with van der Waals surface area (Å²) in [5.74, 6) is 0.880. The van der Waals surface area contributed by atoms with E-state index in [4.69, 9.17) is 9.47 Å². The quantitative estimate of drug-likeness (QED) is 0.789. The molecule has 0 bridgehead atoms. The van der Waals surface area contributed by atoms with Crippen LogP contribution in [0.2, 0.25) is 0 Å². The molecule has 1 aliphatic rings. The van der Waals surface area contributed by atoms with Crippen LogP contribution >= 0.6 is 0 Å². The van der Waals surface area contributed by atoms with Crippen LogP contribution in [0.1, 0.15) is 6.42 Å². The molecule has 3 heteroatoms. The van der Waals surface area contributed by atoms with E-state index < -0.39 is 0 Å². The highest BCUT2D eigenvalue weighted by molar-refractivity contribution is 5.47. The molecule has 0 unspecified atom stereocenters. The molecule has 0 amide bonds. The van der Waals surface area contributed by atoms with E-state index in [1.807, 2.05) is 24.3 Å². The van der Waals surface area contributed by atoms with Crippen LogP contribution in [0.15, 0.2) is 35.9 Å². The van der Waals surface area contributed by atoms with Gasteiger partial charge in [-0.1, -0.05) is 6.08 Å². The van der Waals surface area contributed by atoms with Gasteiger partial charge in [0.05, 0.1) is 20.3 Å². The lowest BCUT2D eigenvalue weighted by molar-refractivity contribution is 0.150. The molecule has 1 N–H and O–H groups in total. The normalized spacial score (nSPS) is 15.4. The molecule has 1 aromatic rings. The summed E-state index contributed by atoms with van der Waals surface area (Å²) in [5, 5.41) is 3.36. The highest BCUT2D eigenvalue weighted by Crippen LogP contribution is 2.15. The lowest BCUT2D eigenvalue weighted by Gasteiger charge is -2.15. The van der Waals surface area contributed by atoms with Gasteiger partial charge in [-0.25, -0.2) is 0 Å². The topological polar surface area (TPSA) is 30.5 Å². The molecule has 0 atom stereocenters. The Morgan fingerprint density at radius 2 is 2.12 bits per heavy atom. The van der Waals surface area contributed by atoms with E-state index in [0.29, 0.717) is 0 Å². The average molecular weight is 219 g/mol. The first kappa shape index (κ1) is 11.0. The Morgan fingerprint density at radius 3 is 2.75 bits per heavy atom. The summed E-state index contributed by atoms with van der Waals surface area (Å²) in [6.45, 7) is 2.46. The van der Waals surface area contributed by atoms with Crippen molar-refractivity contribution >= 4 is 5.69 Å². The monoisotopic (exact) mass is 219 g/mol. The van der Waals surface area contributed by atoms with Crippen molar-refractivity contribution in [2.24, 2.45) is 0 Å².